The van der Waals surface area contributed by atoms with Crippen LogP contribution in [0.1, 0.15) is 52.9 Å². The fraction of sp³-hybridized carbons (Fsp3) is 0.900. The minimum Gasteiger partial charge on any atom is -0.455 e. The molecule has 150 valence electrons. The number of aliphatic hydroxyl groups is 4. The number of fused-ring (bicyclic) bond motifs is 1. The van der Waals surface area contributed by atoms with Gasteiger partial charge in [-0.1, -0.05) is 13.8 Å². The van der Waals surface area contributed by atoms with Gasteiger partial charge < -0.3 is 25.2 Å². The molecule has 1 spiro atoms. The minimum absolute atomic E-state index is 0.0180. The first-order chi connectivity index (χ1) is 12.4. The second-order valence-electron chi connectivity index (χ2n) is 10.2. The Morgan fingerprint density at radius 2 is 1.74 bits per heavy atom. The van der Waals surface area contributed by atoms with Gasteiger partial charge in [0.05, 0.1) is 34.7 Å². The third-order valence-corrected chi connectivity index (χ3v) is 9.61. The van der Waals surface area contributed by atoms with Crippen LogP contribution in [0.25, 0.3) is 0 Å². The lowest BCUT2D eigenvalue weighted by atomic mass is 9.37. The summed E-state index contributed by atoms with van der Waals surface area (Å²) in [6, 6.07) is 0. The van der Waals surface area contributed by atoms with Crippen molar-refractivity contribution in [2.75, 3.05) is 0 Å². The molecule has 0 amide bonds. The fourth-order valence-electron chi connectivity index (χ4n) is 7.98. The van der Waals surface area contributed by atoms with Crippen molar-refractivity contribution in [3.8, 4) is 0 Å². The molecule has 4 saturated carbocycles. The summed E-state index contributed by atoms with van der Waals surface area (Å²) in [5.74, 6) is -2.25. The Morgan fingerprint density at radius 1 is 1.07 bits per heavy atom. The monoisotopic (exact) mass is 380 g/mol. The number of esters is 1. The molecule has 0 aromatic heterocycles. The van der Waals surface area contributed by atoms with Gasteiger partial charge in [0.25, 0.3) is 0 Å². The van der Waals surface area contributed by atoms with Gasteiger partial charge in [-0.2, -0.15) is 0 Å². The zero-order valence-corrected chi connectivity index (χ0v) is 15.9. The van der Waals surface area contributed by atoms with Gasteiger partial charge in [0.1, 0.15) is 5.78 Å². The highest BCUT2D eigenvalue weighted by Crippen LogP contribution is 2.77. The van der Waals surface area contributed by atoms with Crippen LogP contribution in [0.4, 0.5) is 0 Å². The zero-order chi connectivity index (χ0) is 19.8. The molecule has 10 unspecified atom stereocenters. The van der Waals surface area contributed by atoms with Gasteiger partial charge in [0.2, 0.25) is 0 Å². The van der Waals surface area contributed by atoms with Gasteiger partial charge in [-0.3, -0.25) is 9.59 Å². The van der Waals surface area contributed by atoms with Crippen LogP contribution in [0.3, 0.4) is 0 Å². The van der Waals surface area contributed by atoms with Crippen molar-refractivity contribution in [1.29, 1.82) is 0 Å². The summed E-state index contributed by atoms with van der Waals surface area (Å²) in [5.41, 5.74) is -6.20. The van der Waals surface area contributed by atoms with E-state index in [2.05, 4.69) is 0 Å². The average molecular weight is 380 g/mol. The molecule has 0 radical (unpaired) electrons. The van der Waals surface area contributed by atoms with E-state index in [0.717, 1.165) is 0 Å². The highest BCUT2D eigenvalue weighted by atomic mass is 16.6. The van der Waals surface area contributed by atoms with Crippen molar-refractivity contribution < 1.29 is 34.8 Å². The molecule has 5 aliphatic rings. The number of hydrogen-bond donors (Lipinski definition) is 4. The molecule has 0 aromatic rings. The van der Waals surface area contributed by atoms with Crippen molar-refractivity contribution in [2.24, 2.45) is 28.1 Å². The van der Waals surface area contributed by atoms with Gasteiger partial charge in [0, 0.05) is 17.3 Å². The van der Waals surface area contributed by atoms with Crippen LogP contribution in [0.2, 0.25) is 0 Å². The maximum Gasteiger partial charge on any atom is 0.313 e. The van der Waals surface area contributed by atoms with Crippen LogP contribution in [-0.4, -0.2) is 61.7 Å². The summed E-state index contributed by atoms with van der Waals surface area (Å²) < 4.78 is 5.95. The molecular formula is C20H28O7. The predicted octanol–water partition coefficient (Wildman–Crippen LogP) is -0.0789. The number of hydrogen-bond acceptors (Lipinski definition) is 7. The van der Waals surface area contributed by atoms with Crippen LogP contribution in [0, 0.1) is 28.1 Å². The standard InChI is InChI=1S/C20H28O7/c1-9-13(23)19-8-18(9,26)7-6-17(19,3)20-10(21)4-5-16(2,15(25)27-20)12(20)11(22)14(19)24/h9-12,14,21-22,24,26H,4-8H2,1-3H3. The molecule has 1 aliphatic heterocycles. The molecule has 4 aliphatic carbocycles. The van der Waals surface area contributed by atoms with Crippen LogP contribution < -0.4 is 0 Å². The molecule has 5 rings (SSSR count). The highest BCUT2D eigenvalue weighted by molar-refractivity contribution is 5.94. The first-order valence-electron chi connectivity index (χ1n) is 9.97. The largest absolute Gasteiger partial charge is 0.455 e. The van der Waals surface area contributed by atoms with E-state index in [0.29, 0.717) is 25.7 Å². The SMILES string of the molecule is CC1C(=O)C23CC1(O)CCC2(C)C12OC(=O)C(C)(CCC1O)C2C(O)C3O. The molecule has 0 aromatic carbocycles. The molecular weight excluding hydrogens is 352 g/mol. The van der Waals surface area contributed by atoms with E-state index in [9.17, 15) is 30.0 Å². The van der Waals surface area contributed by atoms with Gasteiger partial charge in [-0.05, 0) is 39.0 Å². The summed E-state index contributed by atoms with van der Waals surface area (Å²) in [7, 11) is 0. The molecule has 4 bridgehead atoms. The molecule has 1 heterocycles. The van der Waals surface area contributed by atoms with E-state index in [1.54, 1.807) is 20.8 Å². The van der Waals surface area contributed by atoms with Crippen molar-refractivity contribution in [3.05, 3.63) is 0 Å². The Bertz CT molecular complexity index is 767. The maximum absolute atomic E-state index is 13.5. The zero-order valence-electron chi connectivity index (χ0n) is 15.9. The van der Waals surface area contributed by atoms with E-state index in [-0.39, 0.29) is 12.2 Å². The number of aliphatic hydroxyl groups excluding tert-OH is 3. The first kappa shape index (κ1) is 18.0. The number of ether oxygens (including phenoxy) is 1. The summed E-state index contributed by atoms with van der Waals surface area (Å²) in [4.78, 5) is 26.4. The summed E-state index contributed by atoms with van der Waals surface area (Å²) in [6.45, 7) is 5.19. The Morgan fingerprint density at radius 3 is 2.41 bits per heavy atom. The van der Waals surface area contributed by atoms with Gasteiger partial charge >= 0.3 is 5.97 Å². The second-order valence-corrected chi connectivity index (χ2v) is 10.2. The normalized spacial score (nSPS) is 64.2. The quantitative estimate of drug-likeness (QED) is 0.433. The predicted molar refractivity (Wildman–Crippen MR) is 91.2 cm³/mol. The van der Waals surface area contributed by atoms with Crippen molar-refractivity contribution in [2.45, 2.75) is 82.4 Å². The van der Waals surface area contributed by atoms with E-state index < -0.39 is 63.6 Å². The van der Waals surface area contributed by atoms with Crippen LogP contribution >= 0.6 is 0 Å². The number of carbonyl (C=O) groups excluding carboxylic acids is 2. The number of rotatable bonds is 0. The maximum atomic E-state index is 13.5. The molecule has 1 saturated heterocycles. The third kappa shape index (κ3) is 1.46. The van der Waals surface area contributed by atoms with E-state index in [4.69, 9.17) is 4.74 Å². The Hall–Kier alpha value is -1.02. The Balaban J connectivity index is 1.82. The molecule has 5 fully saturated rings. The highest BCUT2D eigenvalue weighted by Gasteiger charge is 2.87. The molecule has 27 heavy (non-hydrogen) atoms. The average Bonchev–Trinajstić information content (AvgIpc) is 2.92. The Labute approximate surface area is 157 Å². The lowest BCUT2D eigenvalue weighted by Gasteiger charge is -2.67. The van der Waals surface area contributed by atoms with Crippen LogP contribution in [-0.2, 0) is 14.3 Å². The Kier molecular flexibility index (Phi) is 3.06. The van der Waals surface area contributed by atoms with Crippen molar-refractivity contribution in [1.82, 2.24) is 0 Å². The van der Waals surface area contributed by atoms with Gasteiger partial charge in [-0.25, -0.2) is 0 Å². The van der Waals surface area contributed by atoms with E-state index in [1.165, 1.54) is 0 Å². The topological polar surface area (TPSA) is 124 Å². The first-order valence-corrected chi connectivity index (χ1v) is 9.97. The molecule has 7 nitrogen and oxygen atoms in total. The van der Waals surface area contributed by atoms with Gasteiger partial charge in [0.15, 0.2) is 5.60 Å². The lowest BCUT2D eigenvalue weighted by Crippen LogP contribution is -2.79. The summed E-state index contributed by atoms with van der Waals surface area (Å²) in [5, 5.41) is 44.6. The van der Waals surface area contributed by atoms with Crippen LogP contribution in [0.15, 0.2) is 0 Å². The van der Waals surface area contributed by atoms with Gasteiger partial charge in [-0.15, -0.1) is 0 Å². The molecule has 10 atom stereocenters. The molecule has 7 heteroatoms. The lowest BCUT2D eigenvalue weighted by molar-refractivity contribution is -0.314. The van der Waals surface area contributed by atoms with Crippen molar-refractivity contribution in [3.63, 3.8) is 0 Å². The summed E-state index contributed by atoms with van der Waals surface area (Å²) in [6.07, 6.45) is -2.45. The number of carbonyl (C=O) groups is 2. The molecule has 4 N–H and O–H groups in total. The van der Waals surface area contributed by atoms with E-state index in [1.807, 2.05) is 0 Å². The number of Topliss-reactive ketones (excluding diaryl/α,β-unsaturated/α-hetero) is 1. The van der Waals surface area contributed by atoms with Crippen LogP contribution in [0.5, 0.6) is 0 Å². The minimum atomic E-state index is -1.45. The smallest absolute Gasteiger partial charge is 0.313 e. The number of ketones is 1. The summed E-state index contributed by atoms with van der Waals surface area (Å²) >= 11 is 0. The third-order valence-electron chi connectivity index (χ3n) is 9.61. The fourth-order valence-corrected chi connectivity index (χ4v) is 7.98. The second kappa shape index (κ2) is 4.58. The van der Waals surface area contributed by atoms with E-state index >= 15 is 0 Å². The van der Waals surface area contributed by atoms with Crippen molar-refractivity contribution >= 4 is 11.8 Å².